The average molecular weight is 257 g/mol. The van der Waals surface area contributed by atoms with Gasteiger partial charge in [-0.1, -0.05) is 36.8 Å². The molecular formula is C16H23N3. The SMILES string of the molecule is CCCn1ccnc1CN[C@@H](C)c1ccc(C)cc1. The summed E-state index contributed by atoms with van der Waals surface area (Å²) in [6.07, 6.45) is 5.07. The molecule has 0 radical (unpaired) electrons. The van der Waals surface area contributed by atoms with Gasteiger partial charge in [0.1, 0.15) is 5.82 Å². The molecule has 3 nitrogen and oxygen atoms in total. The van der Waals surface area contributed by atoms with E-state index < -0.39 is 0 Å². The third-order valence-corrected chi connectivity index (χ3v) is 3.41. The lowest BCUT2D eigenvalue weighted by Gasteiger charge is -2.15. The van der Waals surface area contributed by atoms with Crippen molar-refractivity contribution in [2.24, 2.45) is 0 Å². The summed E-state index contributed by atoms with van der Waals surface area (Å²) in [6.45, 7) is 8.34. The zero-order chi connectivity index (χ0) is 13.7. The van der Waals surface area contributed by atoms with E-state index in [1.54, 1.807) is 0 Å². The Balaban J connectivity index is 1.94. The summed E-state index contributed by atoms with van der Waals surface area (Å²) in [5.74, 6) is 1.11. The number of imidazole rings is 1. The highest BCUT2D eigenvalue weighted by Crippen LogP contribution is 2.13. The molecule has 2 rings (SSSR count). The average Bonchev–Trinajstić information content (AvgIpc) is 2.85. The molecule has 0 amide bonds. The summed E-state index contributed by atoms with van der Waals surface area (Å²) in [5, 5.41) is 3.54. The molecule has 1 atom stereocenters. The Morgan fingerprint density at radius 2 is 2.00 bits per heavy atom. The first kappa shape index (κ1) is 13.8. The van der Waals surface area contributed by atoms with Crippen LogP contribution in [0, 0.1) is 6.92 Å². The maximum absolute atomic E-state index is 4.42. The Kier molecular flexibility index (Phi) is 4.74. The third-order valence-electron chi connectivity index (χ3n) is 3.41. The van der Waals surface area contributed by atoms with E-state index in [0.717, 1.165) is 25.3 Å². The zero-order valence-electron chi connectivity index (χ0n) is 12.1. The Hall–Kier alpha value is -1.61. The third kappa shape index (κ3) is 3.67. The van der Waals surface area contributed by atoms with E-state index in [1.807, 2.05) is 6.20 Å². The van der Waals surface area contributed by atoms with Crippen LogP contribution in [0.15, 0.2) is 36.7 Å². The van der Waals surface area contributed by atoms with Crippen LogP contribution >= 0.6 is 0 Å². The number of hydrogen-bond acceptors (Lipinski definition) is 2. The van der Waals surface area contributed by atoms with Gasteiger partial charge in [-0.05, 0) is 25.8 Å². The van der Waals surface area contributed by atoms with Crippen LogP contribution in [-0.4, -0.2) is 9.55 Å². The van der Waals surface area contributed by atoms with Gasteiger partial charge in [-0.2, -0.15) is 0 Å². The number of nitrogens with one attached hydrogen (secondary N) is 1. The molecule has 0 unspecified atom stereocenters. The van der Waals surface area contributed by atoms with Crippen molar-refractivity contribution in [3.63, 3.8) is 0 Å². The molecule has 0 aliphatic rings. The second kappa shape index (κ2) is 6.53. The maximum Gasteiger partial charge on any atom is 0.122 e. The summed E-state index contributed by atoms with van der Waals surface area (Å²) in [7, 11) is 0. The second-order valence-electron chi connectivity index (χ2n) is 5.05. The quantitative estimate of drug-likeness (QED) is 0.859. The number of aryl methyl sites for hydroxylation is 2. The molecular weight excluding hydrogens is 234 g/mol. The summed E-state index contributed by atoms with van der Waals surface area (Å²) < 4.78 is 2.22. The van der Waals surface area contributed by atoms with Gasteiger partial charge in [-0.3, -0.25) is 0 Å². The van der Waals surface area contributed by atoms with Gasteiger partial charge in [-0.15, -0.1) is 0 Å². The normalized spacial score (nSPS) is 12.6. The van der Waals surface area contributed by atoms with Gasteiger partial charge in [0.25, 0.3) is 0 Å². The Morgan fingerprint density at radius 1 is 1.26 bits per heavy atom. The minimum absolute atomic E-state index is 0.340. The highest BCUT2D eigenvalue weighted by molar-refractivity contribution is 5.23. The van der Waals surface area contributed by atoms with Crippen LogP contribution in [-0.2, 0) is 13.1 Å². The first-order valence-electron chi connectivity index (χ1n) is 7.00. The van der Waals surface area contributed by atoms with Crippen molar-refractivity contribution in [2.45, 2.75) is 46.3 Å². The number of hydrogen-bond donors (Lipinski definition) is 1. The van der Waals surface area contributed by atoms with Crippen molar-refractivity contribution in [3.05, 3.63) is 53.6 Å². The van der Waals surface area contributed by atoms with Crippen LogP contribution in [0.2, 0.25) is 0 Å². The van der Waals surface area contributed by atoms with Crippen molar-refractivity contribution in [2.75, 3.05) is 0 Å². The molecule has 0 spiro atoms. The maximum atomic E-state index is 4.42. The van der Waals surface area contributed by atoms with Crippen LogP contribution in [0.3, 0.4) is 0 Å². The fraction of sp³-hybridized carbons (Fsp3) is 0.438. The predicted octanol–water partition coefficient (Wildman–Crippen LogP) is 3.45. The molecule has 2 aromatic rings. The van der Waals surface area contributed by atoms with Crippen LogP contribution in [0.5, 0.6) is 0 Å². The second-order valence-corrected chi connectivity index (χ2v) is 5.05. The van der Waals surface area contributed by atoms with Gasteiger partial charge in [0.05, 0.1) is 6.54 Å². The van der Waals surface area contributed by atoms with E-state index >= 15 is 0 Å². The first-order valence-corrected chi connectivity index (χ1v) is 7.00. The van der Waals surface area contributed by atoms with Gasteiger partial charge in [0.2, 0.25) is 0 Å². The van der Waals surface area contributed by atoms with Crippen LogP contribution in [0.4, 0.5) is 0 Å². The highest BCUT2D eigenvalue weighted by atomic mass is 15.1. The molecule has 1 N–H and O–H groups in total. The van der Waals surface area contributed by atoms with Crippen molar-refractivity contribution in [1.29, 1.82) is 0 Å². The van der Waals surface area contributed by atoms with Crippen LogP contribution in [0.25, 0.3) is 0 Å². The molecule has 0 fully saturated rings. The molecule has 3 heteroatoms. The molecule has 0 bridgehead atoms. The van der Waals surface area contributed by atoms with Gasteiger partial charge in [-0.25, -0.2) is 4.98 Å². The van der Waals surface area contributed by atoms with Gasteiger partial charge in [0.15, 0.2) is 0 Å². The minimum Gasteiger partial charge on any atom is -0.334 e. The van der Waals surface area contributed by atoms with E-state index in [2.05, 4.69) is 66.1 Å². The van der Waals surface area contributed by atoms with Crippen molar-refractivity contribution in [1.82, 2.24) is 14.9 Å². The Bertz CT molecular complexity index is 499. The summed E-state index contributed by atoms with van der Waals surface area (Å²) in [5.41, 5.74) is 2.62. The summed E-state index contributed by atoms with van der Waals surface area (Å²) in [6, 6.07) is 9.03. The fourth-order valence-electron chi connectivity index (χ4n) is 2.17. The standard InChI is InChI=1S/C16H23N3/c1-4-10-19-11-9-17-16(19)12-18-14(3)15-7-5-13(2)6-8-15/h5-9,11,14,18H,4,10,12H2,1-3H3/t14-/m0/s1. The highest BCUT2D eigenvalue weighted by Gasteiger charge is 2.07. The van der Waals surface area contributed by atoms with Gasteiger partial charge >= 0.3 is 0 Å². The number of benzene rings is 1. The molecule has 0 saturated carbocycles. The van der Waals surface area contributed by atoms with Gasteiger partial charge in [0, 0.05) is 25.0 Å². The molecule has 19 heavy (non-hydrogen) atoms. The lowest BCUT2D eigenvalue weighted by molar-refractivity contribution is 0.532. The van der Waals surface area contributed by atoms with E-state index in [1.165, 1.54) is 11.1 Å². The van der Waals surface area contributed by atoms with Crippen molar-refractivity contribution >= 4 is 0 Å². The minimum atomic E-state index is 0.340. The molecule has 102 valence electrons. The molecule has 1 aromatic heterocycles. The molecule has 0 aliphatic heterocycles. The zero-order valence-corrected chi connectivity index (χ0v) is 12.1. The van der Waals surface area contributed by atoms with E-state index in [-0.39, 0.29) is 0 Å². The van der Waals surface area contributed by atoms with E-state index in [0.29, 0.717) is 6.04 Å². The largest absolute Gasteiger partial charge is 0.334 e. The van der Waals surface area contributed by atoms with Crippen molar-refractivity contribution < 1.29 is 0 Å². The molecule has 1 aromatic carbocycles. The summed E-state index contributed by atoms with van der Waals surface area (Å²) in [4.78, 5) is 4.42. The van der Waals surface area contributed by atoms with Gasteiger partial charge < -0.3 is 9.88 Å². The number of aromatic nitrogens is 2. The summed E-state index contributed by atoms with van der Waals surface area (Å²) >= 11 is 0. The number of nitrogens with zero attached hydrogens (tertiary/aromatic N) is 2. The van der Waals surface area contributed by atoms with Crippen molar-refractivity contribution in [3.8, 4) is 0 Å². The lowest BCUT2D eigenvalue weighted by atomic mass is 10.1. The van der Waals surface area contributed by atoms with Crippen LogP contribution < -0.4 is 5.32 Å². The number of rotatable bonds is 6. The van der Waals surface area contributed by atoms with E-state index in [4.69, 9.17) is 0 Å². The molecule has 1 heterocycles. The lowest BCUT2D eigenvalue weighted by Crippen LogP contribution is -2.20. The monoisotopic (exact) mass is 257 g/mol. The Morgan fingerprint density at radius 3 is 2.68 bits per heavy atom. The topological polar surface area (TPSA) is 29.9 Å². The molecule has 0 saturated heterocycles. The van der Waals surface area contributed by atoms with Crippen LogP contribution in [0.1, 0.15) is 43.3 Å². The fourth-order valence-corrected chi connectivity index (χ4v) is 2.17. The first-order chi connectivity index (χ1) is 9.20. The molecule has 0 aliphatic carbocycles. The predicted molar refractivity (Wildman–Crippen MR) is 79.0 cm³/mol. The Labute approximate surface area is 115 Å². The van der Waals surface area contributed by atoms with E-state index in [9.17, 15) is 0 Å². The smallest absolute Gasteiger partial charge is 0.122 e.